The Bertz CT molecular complexity index is 702. The van der Waals surface area contributed by atoms with E-state index in [-0.39, 0.29) is 5.91 Å². The number of nitrogens with one attached hydrogen (secondary N) is 1. The third kappa shape index (κ3) is 3.48. The highest BCUT2D eigenvalue weighted by Crippen LogP contribution is 2.28. The van der Waals surface area contributed by atoms with Crippen molar-refractivity contribution in [3.05, 3.63) is 47.8 Å². The number of hydrogen-bond donors (Lipinski definition) is 1. The molecule has 1 fully saturated rings. The van der Waals surface area contributed by atoms with Crippen LogP contribution in [0.3, 0.4) is 0 Å². The molecule has 0 aliphatic carbocycles. The lowest BCUT2D eigenvalue weighted by atomic mass is 9.91. The van der Waals surface area contributed by atoms with Crippen LogP contribution in [0, 0.1) is 0 Å². The zero-order valence-corrected chi connectivity index (χ0v) is 14.0. The van der Waals surface area contributed by atoms with Gasteiger partial charge in [0.15, 0.2) is 0 Å². The summed E-state index contributed by atoms with van der Waals surface area (Å²) in [4.78, 5) is 23.0. The van der Waals surface area contributed by atoms with Crippen LogP contribution in [-0.2, 0) is 0 Å². The molecule has 3 rings (SSSR count). The van der Waals surface area contributed by atoms with Gasteiger partial charge in [-0.2, -0.15) is 0 Å². The fraction of sp³-hybridized carbons (Fsp3) is 0.389. The maximum Gasteiger partial charge on any atom is 0.255 e. The van der Waals surface area contributed by atoms with E-state index in [1.165, 1.54) is 5.56 Å². The van der Waals surface area contributed by atoms with Crippen LogP contribution in [0.1, 0.15) is 34.7 Å². The lowest BCUT2D eigenvalue weighted by molar-refractivity contribution is 0.0706. The number of ether oxygens (including phenoxy) is 1. The Kier molecular flexibility index (Phi) is 4.93. The van der Waals surface area contributed by atoms with Crippen molar-refractivity contribution in [3.8, 4) is 5.88 Å². The molecule has 1 atom stereocenters. The van der Waals surface area contributed by atoms with Gasteiger partial charge >= 0.3 is 0 Å². The van der Waals surface area contributed by atoms with Crippen molar-refractivity contribution in [2.45, 2.75) is 18.8 Å². The molecule has 6 heteroatoms. The van der Waals surface area contributed by atoms with Gasteiger partial charge in [-0.05, 0) is 36.6 Å². The van der Waals surface area contributed by atoms with E-state index >= 15 is 0 Å². The molecule has 126 valence electrons. The average molecular weight is 326 g/mol. The van der Waals surface area contributed by atoms with Crippen molar-refractivity contribution in [3.63, 3.8) is 0 Å². The lowest BCUT2D eigenvalue weighted by Gasteiger charge is -2.33. The number of amides is 1. The van der Waals surface area contributed by atoms with Crippen LogP contribution in [0.25, 0.3) is 0 Å². The molecule has 0 aromatic carbocycles. The van der Waals surface area contributed by atoms with E-state index < -0.39 is 0 Å². The highest BCUT2D eigenvalue weighted by molar-refractivity contribution is 5.94. The summed E-state index contributed by atoms with van der Waals surface area (Å²) < 4.78 is 5.04. The molecule has 1 N–H and O–H groups in total. The van der Waals surface area contributed by atoms with Crippen molar-refractivity contribution in [1.29, 1.82) is 0 Å². The van der Waals surface area contributed by atoms with Gasteiger partial charge in [0.25, 0.3) is 5.91 Å². The summed E-state index contributed by atoms with van der Waals surface area (Å²) in [7, 11) is 3.42. The predicted molar refractivity (Wildman–Crippen MR) is 92.5 cm³/mol. The molecule has 2 aromatic rings. The van der Waals surface area contributed by atoms with E-state index in [0.717, 1.165) is 31.7 Å². The Hall–Kier alpha value is -2.63. The van der Waals surface area contributed by atoms with Gasteiger partial charge in [-0.15, -0.1) is 0 Å². The maximum atomic E-state index is 12.7. The van der Waals surface area contributed by atoms with Crippen LogP contribution < -0.4 is 10.1 Å². The number of carbonyl (C=O) groups excluding carboxylic acids is 1. The van der Waals surface area contributed by atoms with Crippen LogP contribution in [-0.4, -0.2) is 48.0 Å². The van der Waals surface area contributed by atoms with Gasteiger partial charge in [0.2, 0.25) is 5.88 Å². The average Bonchev–Trinajstić information content (AvgIpc) is 2.67. The predicted octanol–water partition coefficient (Wildman–Crippen LogP) is 2.55. The molecule has 1 saturated heterocycles. The van der Waals surface area contributed by atoms with Crippen LogP contribution in [0.15, 0.2) is 36.7 Å². The fourth-order valence-corrected chi connectivity index (χ4v) is 3.08. The third-order valence-corrected chi connectivity index (χ3v) is 4.41. The summed E-state index contributed by atoms with van der Waals surface area (Å²) in [6.45, 7) is 1.50. The monoisotopic (exact) mass is 326 g/mol. The molecule has 3 heterocycles. The van der Waals surface area contributed by atoms with E-state index in [0.29, 0.717) is 17.4 Å². The van der Waals surface area contributed by atoms with Crippen LogP contribution in [0.2, 0.25) is 0 Å². The topological polar surface area (TPSA) is 67.4 Å². The van der Waals surface area contributed by atoms with E-state index in [4.69, 9.17) is 4.74 Å². The summed E-state index contributed by atoms with van der Waals surface area (Å²) in [5.41, 5.74) is 1.82. The Morgan fingerprint density at radius 3 is 2.92 bits per heavy atom. The van der Waals surface area contributed by atoms with Gasteiger partial charge in [0.05, 0.1) is 12.7 Å². The summed E-state index contributed by atoms with van der Waals surface area (Å²) >= 11 is 0. The maximum absolute atomic E-state index is 12.7. The SMILES string of the molecule is CNc1cc(C2CCCN(C(=O)c3ccc(OC)nc3)C2)ccn1. The van der Waals surface area contributed by atoms with E-state index in [1.54, 1.807) is 25.4 Å². The number of piperidine rings is 1. The molecule has 0 radical (unpaired) electrons. The first kappa shape index (κ1) is 16.2. The first-order valence-electron chi connectivity index (χ1n) is 8.14. The van der Waals surface area contributed by atoms with Crippen molar-refractivity contribution < 1.29 is 9.53 Å². The number of likely N-dealkylation sites (tertiary alicyclic amines) is 1. The highest BCUT2D eigenvalue weighted by Gasteiger charge is 2.26. The fourth-order valence-electron chi connectivity index (χ4n) is 3.08. The summed E-state index contributed by atoms with van der Waals surface area (Å²) in [5.74, 6) is 1.73. The molecular formula is C18H22N4O2. The Labute approximate surface area is 141 Å². The van der Waals surface area contributed by atoms with Gasteiger partial charge in [-0.25, -0.2) is 9.97 Å². The summed E-state index contributed by atoms with van der Waals surface area (Å²) in [5, 5.41) is 3.07. The summed E-state index contributed by atoms with van der Waals surface area (Å²) in [6, 6.07) is 7.59. The molecule has 1 amide bonds. The largest absolute Gasteiger partial charge is 0.481 e. The second kappa shape index (κ2) is 7.29. The molecule has 1 unspecified atom stereocenters. The zero-order chi connectivity index (χ0) is 16.9. The molecule has 2 aromatic heterocycles. The molecule has 24 heavy (non-hydrogen) atoms. The Morgan fingerprint density at radius 2 is 2.21 bits per heavy atom. The number of hydrogen-bond acceptors (Lipinski definition) is 5. The Balaban J connectivity index is 1.73. The molecule has 0 bridgehead atoms. The van der Waals surface area contributed by atoms with Crippen LogP contribution in [0.4, 0.5) is 5.82 Å². The lowest BCUT2D eigenvalue weighted by Crippen LogP contribution is -2.39. The third-order valence-electron chi connectivity index (χ3n) is 4.41. The van der Waals surface area contributed by atoms with Crippen molar-refractivity contribution in [2.24, 2.45) is 0 Å². The number of pyridine rings is 2. The molecule has 1 aliphatic rings. The van der Waals surface area contributed by atoms with Crippen LogP contribution >= 0.6 is 0 Å². The van der Waals surface area contributed by atoms with Crippen molar-refractivity contribution in [2.75, 3.05) is 32.6 Å². The van der Waals surface area contributed by atoms with Gasteiger partial charge < -0.3 is 15.0 Å². The number of rotatable bonds is 4. The Morgan fingerprint density at radius 1 is 1.33 bits per heavy atom. The van der Waals surface area contributed by atoms with Crippen molar-refractivity contribution >= 4 is 11.7 Å². The molecular weight excluding hydrogens is 304 g/mol. The molecule has 1 aliphatic heterocycles. The van der Waals surface area contributed by atoms with Gasteiger partial charge in [-0.3, -0.25) is 4.79 Å². The molecule has 0 spiro atoms. The minimum absolute atomic E-state index is 0.0257. The van der Waals surface area contributed by atoms with E-state index in [2.05, 4.69) is 21.4 Å². The second-order valence-corrected chi connectivity index (χ2v) is 5.90. The normalized spacial score (nSPS) is 17.4. The van der Waals surface area contributed by atoms with Gasteiger partial charge in [0.1, 0.15) is 5.82 Å². The second-order valence-electron chi connectivity index (χ2n) is 5.90. The highest BCUT2D eigenvalue weighted by atomic mass is 16.5. The minimum Gasteiger partial charge on any atom is -0.481 e. The number of anilines is 1. The molecule has 6 nitrogen and oxygen atoms in total. The zero-order valence-electron chi connectivity index (χ0n) is 14.0. The quantitative estimate of drug-likeness (QED) is 0.935. The number of methoxy groups -OCH3 is 1. The molecule has 0 saturated carbocycles. The van der Waals surface area contributed by atoms with E-state index in [9.17, 15) is 4.79 Å². The number of nitrogens with zero attached hydrogens (tertiary/aromatic N) is 3. The smallest absolute Gasteiger partial charge is 0.255 e. The summed E-state index contributed by atoms with van der Waals surface area (Å²) in [6.07, 6.45) is 5.47. The standard InChI is InChI=1S/C18H22N4O2/c1-19-16-10-13(7-8-20-16)15-4-3-9-22(12-15)18(23)14-5-6-17(24-2)21-11-14/h5-8,10-11,15H,3-4,9,12H2,1-2H3,(H,19,20). The minimum atomic E-state index is 0.0257. The van der Waals surface area contributed by atoms with Crippen LogP contribution in [0.5, 0.6) is 5.88 Å². The van der Waals surface area contributed by atoms with Gasteiger partial charge in [0, 0.05) is 44.5 Å². The number of aromatic nitrogens is 2. The first-order valence-corrected chi connectivity index (χ1v) is 8.14. The van der Waals surface area contributed by atoms with Crippen molar-refractivity contribution in [1.82, 2.24) is 14.9 Å². The number of carbonyl (C=O) groups is 1. The van der Waals surface area contributed by atoms with E-state index in [1.807, 2.05) is 24.2 Å². The van der Waals surface area contributed by atoms with Gasteiger partial charge in [-0.1, -0.05) is 0 Å². The first-order chi connectivity index (χ1) is 11.7.